The molecule has 0 amide bonds. The van der Waals surface area contributed by atoms with Gasteiger partial charge in [0.1, 0.15) is 5.75 Å². The first-order valence-corrected chi connectivity index (χ1v) is 12.3. The number of hydrogen-bond acceptors (Lipinski definition) is 7. The number of ether oxygens (including phenoxy) is 1. The maximum atomic E-state index is 12.6. The Morgan fingerprint density at radius 1 is 0.969 bits per heavy atom. The zero-order valence-corrected chi connectivity index (χ0v) is 19.2. The van der Waals surface area contributed by atoms with Gasteiger partial charge in [0.2, 0.25) is 5.89 Å². The van der Waals surface area contributed by atoms with Crippen LogP contribution in [-0.2, 0) is 15.8 Å². The molecule has 0 spiro atoms. The summed E-state index contributed by atoms with van der Waals surface area (Å²) in [5, 5.41) is 9.26. The highest BCUT2D eigenvalue weighted by Gasteiger charge is 2.15. The van der Waals surface area contributed by atoms with Gasteiger partial charge in [-0.2, -0.15) is 0 Å². The Morgan fingerprint density at radius 2 is 1.66 bits per heavy atom. The van der Waals surface area contributed by atoms with E-state index in [0.717, 1.165) is 5.56 Å². The summed E-state index contributed by atoms with van der Waals surface area (Å²) < 4.78 is 38.4. The smallest absolute Gasteiger partial charge is 0.277 e. The fraction of sp³-hybridized carbons (Fsp3) is 0.0909. The molecule has 0 unspecified atom stereocenters. The summed E-state index contributed by atoms with van der Waals surface area (Å²) in [6, 6.07) is 20.4. The highest BCUT2D eigenvalue weighted by atomic mass is 35.5. The number of thioether (sulfide) groups is 1. The summed E-state index contributed by atoms with van der Waals surface area (Å²) in [5.74, 6) is 1.61. The topological polar surface area (TPSA) is 94.3 Å². The van der Waals surface area contributed by atoms with Crippen molar-refractivity contribution < 1.29 is 17.6 Å². The average Bonchev–Trinajstić information content (AvgIpc) is 3.28. The number of hydrogen-bond donors (Lipinski definition) is 1. The van der Waals surface area contributed by atoms with Crippen molar-refractivity contribution in [2.75, 3.05) is 11.8 Å². The molecule has 7 nitrogen and oxygen atoms in total. The second kappa shape index (κ2) is 9.64. The van der Waals surface area contributed by atoms with Gasteiger partial charge in [-0.3, -0.25) is 4.72 Å². The van der Waals surface area contributed by atoms with Crippen LogP contribution in [0.5, 0.6) is 5.75 Å². The molecule has 0 saturated heterocycles. The van der Waals surface area contributed by atoms with E-state index in [1.807, 2.05) is 24.3 Å². The van der Waals surface area contributed by atoms with Gasteiger partial charge in [0.25, 0.3) is 15.2 Å². The number of rotatable bonds is 8. The zero-order chi connectivity index (χ0) is 22.6. The molecule has 1 heterocycles. The number of methoxy groups -OCH3 is 1. The minimum atomic E-state index is -3.72. The van der Waals surface area contributed by atoms with Crippen molar-refractivity contribution >= 4 is 39.1 Å². The standard InChI is InChI=1S/C22H18ClN3O4S2/c1-29-19-10-12-20(13-11-19)32(27,28)26-18-8-4-16(5-9-18)21-24-25-22(30-21)31-14-15-2-6-17(23)7-3-15/h2-13,26H,14H2,1H3. The van der Waals surface area contributed by atoms with Crippen LogP contribution in [0, 0.1) is 0 Å². The maximum Gasteiger partial charge on any atom is 0.277 e. The Balaban J connectivity index is 1.40. The van der Waals surface area contributed by atoms with E-state index in [4.69, 9.17) is 20.8 Å². The Kier molecular flexibility index (Phi) is 6.69. The molecule has 32 heavy (non-hydrogen) atoms. The van der Waals surface area contributed by atoms with Crippen molar-refractivity contribution in [2.24, 2.45) is 0 Å². The van der Waals surface area contributed by atoms with Crippen molar-refractivity contribution in [1.82, 2.24) is 10.2 Å². The Morgan fingerprint density at radius 3 is 2.31 bits per heavy atom. The van der Waals surface area contributed by atoms with E-state index >= 15 is 0 Å². The van der Waals surface area contributed by atoms with Gasteiger partial charge in [0.15, 0.2) is 0 Å². The monoisotopic (exact) mass is 487 g/mol. The Labute approximate surface area is 194 Å². The Bertz CT molecular complexity index is 1290. The molecule has 0 aliphatic rings. The number of sulfonamides is 1. The molecule has 1 aromatic heterocycles. The predicted molar refractivity (Wildman–Crippen MR) is 125 cm³/mol. The van der Waals surface area contributed by atoms with Crippen LogP contribution in [0.4, 0.5) is 5.69 Å². The summed E-state index contributed by atoms with van der Waals surface area (Å²) >= 11 is 7.32. The summed E-state index contributed by atoms with van der Waals surface area (Å²) in [4.78, 5) is 0.140. The highest BCUT2D eigenvalue weighted by Crippen LogP contribution is 2.27. The van der Waals surface area contributed by atoms with Crippen LogP contribution >= 0.6 is 23.4 Å². The lowest BCUT2D eigenvalue weighted by Gasteiger charge is -2.09. The largest absolute Gasteiger partial charge is 0.497 e. The van der Waals surface area contributed by atoms with E-state index in [2.05, 4.69) is 14.9 Å². The molecule has 3 aromatic carbocycles. The number of nitrogens with zero attached hydrogens (tertiary/aromatic N) is 2. The van der Waals surface area contributed by atoms with Crippen LogP contribution in [0.1, 0.15) is 5.56 Å². The SMILES string of the molecule is COc1ccc(S(=O)(=O)Nc2ccc(-c3nnc(SCc4ccc(Cl)cc4)o3)cc2)cc1. The lowest BCUT2D eigenvalue weighted by Crippen LogP contribution is -2.12. The van der Waals surface area contributed by atoms with Gasteiger partial charge in [-0.25, -0.2) is 8.42 Å². The predicted octanol–water partition coefficient (Wildman–Crippen LogP) is 5.49. The lowest BCUT2D eigenvalue weighted by atomic mass is 10.2. The third-order valence-corrected chi connectivity index (χ3v) is 6.97. The van der Waals surface area contributed by atoms with Gasteiger partial charge < -0.3 is 9.15 Å². The molecule has 0 fully saturated rings. The zero-order valence-electron chi connectivity index (χ0n) is 16.9. The van der Waals surface area contributed by atoms with Crippen LogP contribution in [0.2, 0.25) is 5.02 Å². The molecule has 4 aromatic rings. The van der Waals surface area contributed by atoms with Crippen molar-refractivity contribution in [3.63, 3.8) is 0 Å². The maximum absolute atomic E-state index is 12.6. The Hall–Kier alpha value is -3.01. The molecule has 10 heteroatoms. The first-order valence-electron chi connectivity index (χ1n) is 9.41. The van der Waals surface area contributed by atoms with Gasteiger partial charge in [-0.15, -0.1) is 10.2 Å². The van der Waals surface area contributed by atoms with Gasteiger partial charge in [0.05, 0.1) is 12.0 Å². The summed E-state index contributed by atoms with van der Waals surface area (Å²) in [6.07, 6.45) is 0. The van der Waals surface area contributed by atoms with Crippen molar-refractivity contribution in [2.45, 2.75) is 15.9 Å². The second-order valence-corrected chi connectivity index (χ2v) is 9.69. The first-order chi connectivity index (χ1) is 15.4. The molecule has 0 atom stereocenters. The van der Waals surface area contributed by atoms with Crippen LogP contribution < -0.4 is 9.46 Å². The van der Waals surface area contributed by atoms with E-state index in [0.29, 0.717) is 38.9 Å². The lowest BCUT2D eigenvalue weighted by molar-refractivity contribution is 0.414. The third-order valence-electron chi connectivity index (χ3n) is 4.44. The molecule has 0 radical (unpaired) electrons. The third kappa shape index (κ3) is 5.42. The van der Waals surface area contributed by atoms with E-state index in [-0.39, 0.29) is 4.90 Å². The molecule has 0 saturated carbocycles. The van der Waals surface area contributed by atoms with Crippen molar-refractivity contribution in [3.05, 3.63) is 83.4 Å². The quantitative estimate of drug-likeness (QED) is 0.328. The normalized spacial score (nSPS) is 11.3. The summed E-state index contributed by atoms with van der Waals surface area (Å²) in [5.41, 5.74) is 2.19. The number of benzene rings is 3. The van der Waals surface area contributed by atoms with Crippen molar-refractivity contribution in [3.8, 4) is 17.2 Å². The van der Waals surface area contributed by atoms with Gasteiger partial charge in [0, 0.05) is 22.0 Å². The molecule has 164 valence electrons. The average molecular weight is 488 g/mol. The van der Waals surface area contributed by atoms with Crippen molar-refractivity contribution in [1.29, 1.82) is 0 Å². The number of halogens is 1. The fourth-order valence-corrected chi connectivity index (χ4v) is 4.66. The number of anilines is 1. The van der Waals surface area contributed by atoms with Crippen LogP contribution in [0.15, 0.2) is 87.3 Å². The first kappa shape index (κ1) is 22.2. The number of nitrogens with one attached hydrogen (secondary N) is 1. The van der Waals surface area contributed by atoms with E-state index in [1.165, 1.54) is 31.0 Å². The summed E-state index contributed by atoms with van der Waals surface area (Å²) in [6.45, 7) is 0. The second-order valence-electron chi connectivity index (χ2n) is 6.65. The van der Waals surface area contributed by atoms with Crippen LogP contribution in [0.3, 0.4) is 0 Å². The number of aromatic nitrogens is 2. The molecular formula is C22H18ClN3O4S2. The molecule has 4 rings (SSSR count). The van der Waals surface area contributed by atoms with Gasteiger partial charge in [-0.05, 0) is 66.2 Å². The van der Waals surface area contributed by atoms with Crippen LogP contribution in [-0.4, -0.2) is 25.7 Å². The molecule has 1 N–H and O–H groups in total. The van der Waals surface area contributed by atoms with E-state index in [1.54, 1.807) is 36.4 Å². The minimum absolute atomic E-state index is 0.140. The van der Waals surface area contributed by atoms with E-state index < -0.39 is 10.0 Å². The molecule has 0 aliphatic carbocycles. The minimum Gasteiger partial charge on any atom is -0.497 e. The van der Waals surface area contributed by atoms with Gasteiger partial charge >= 0.3 is 0 Å². The van der Waals surface area contributed by atoms with E-state index in [9.17, 15) is 8.42 Å². The van der Waals surface area contributed by atoms with Gasteiger partial charge in [-0.1, -0.05) is 35.5 Å². The van der Waals surface area contributed by atoms with Crippen LogP contribution in [0.25, 0.3) is 11.5 Å². The molecule has 0 bridgehead atoms. The summed E-state index contributed by atoms with van der Waals surface area (Å²) in [7, 11) is -2.19. The molecular weight excluding hydrogens is 470 g/mol. The molecule has 0 aliphatic heterocycles. The fourth-order valence-electron chi connectivity index (χ4n) is 2.76. The highest BCUT2D eigenvalue weighted by molar-refractivity contribution is 7.98.